The third-order valence-corrected chi connectivity index (χ3v) is 10.6. The molecule has 1 heterocycles. The number of halogens is 2. The number of rotatable bonds is 11. The molecule has 43 heavy (non-hydrogen) atoms. The number of benzene rings is 3. The second kappa shape index (κ2) is 13.5. The van der Waals surface area contributed by atoms with Crippen LogP contribution in [0.3, 0.4) is 0 Å². The SMILES string of the molecule is O=C(NC1CCCC1)[C@H](Cc1ccccc1)N(Cc1ccc(Cl)c(Cl)c1)C(=O)CCCN1C(=O)c2ccccc2S1(=O)=O. The van der Waals surface area contributed by atoms with Crippen LogP contribution in [0.4, 0.5) is 0 Å². The van der Waals surface area contributed by atoms with Gasteiger partial charge in [0.15, 0.2) is 0 Å². The van der Waals surface area contributed by atoms with Crippen molar-refractivity contribution in [1.29, 1.82) is 0 Å². The molecule has 1 aliphatic heterocycles. The van der Waals surface area contributed by atoms with Gasteiger partial charge in [0.1, 0.15) is 10.9 Å². The van der Waals surface area contributed by atoms with Crippen molar-refractivity contribution >= 4 is 50.9 Å². The lowest BCUT2D eigenvalue weighted by atomic mass is 10.0. The zero-order valence-electron chi connectivity index (χ0n) is 23.5. The molecule has 11 heteroatoms. The van der Waals surface area contributed by atoms with Gasteiger partial charge >= 0.3 is 0 Å². The van der Waals surface area contributed by atoms with Crippen molar-refractivity contribution in [2.24, 2.45) is 0 Å². The van der Waals surface area contributed by atoms with Crippen LogP contribution in [0.15, 0.2) is 77.7 Å². The molecule has 0 unspecified atom stereocenters. The third-order valence-electron chi connectivity index (χ3n) is 7.97. The van der Waals surface area contributed by atoms with Crippen LogP contribution in [-0.2, 0) is 32.6 Å². The van der Waals surface area contributed by atoms with Crippen LogP contribution in [0.2, 0.25) is 10.0 Å². The Morgan fingerprint density at radius 2 is 1.63 bits per heavy atom. The highest BCUT2D eigenvalue weighted by Crippen LogP contribution is 2.30. The zero-order valence-corrected chi connectivity index (χ0v) is 25.9. The van der Waals surface area contributed by atoms with Gasteiger partial charge < -0.3 is 10.2 Å². The van der Waals surface area contributed by atoms with Crippen LogP contribution in [0.5, 0.6) is 0 Å². The zero-order chi connectivity index (χ0) is 30.6. The van der Waals surface area contributed by atoms with Crippen LogP contribution in [0.1, 0.15) is 60.0 Å². The van der Waals surface area contributed by atoms with Crippen molar-refractivity contribution in [2.75, 3.05) is 6.54 Å². The molecular formula is C32H33Cl2N3O5S. The number of amides is 3. The van der Waals surface area contributed by atoms with Crippen LogP contribution >= 0.6 is 23.2 Å². The molecule has 1 saturated carbocycles. The van der Waals surface area contributed by atoms with Crippen molar-refractivity contribution in [3.05, 3.63) is 99.5 Å². The molecule has 0 bridgehead atoms. The fourth-order valence-corrected chi connectivity index (χ4v) is 7.65. The molecule has 3 aromatic rings. The maximum atomic E-state index is 13.9. The Bertz CT molecular complexity index is 1610. The van der Waals surface area contributed by atoms with E-state index in [1.54, 1.807) is 30.3 Å². The van der Waals surface area contributed by atoms with Gasteiger partial charge in [-0.25, -0.2) is 12.7 Å². The summed E-state index contributed by atoms with van der Waals surface area (Å²) in [5, 5.41) is 3.86. The van der Waals surface area contributed by atoms with Gasteiger partial charge in [-0.1, -0.05) is 84.6 Å². The molecule has 3 amide bonds. The molecule has 5 rings (SSSR count). The Morgan fingerprint density at radius 3 is 2.33 bits per heavy atom. The summed E-state index contributed by atoms with van der Waals surface area (Å²) in [6, 6.07) is 19.9. The Morgan fingerprint density at radius 1 is 0.930 bits per heavy atom. The molecule has 226 valence electrons. The maximum Gasteiger partial charge on any atom is 0.269 e. The highest BCUT2D eigenvalue weighted by atomic mass is 35.5. The summed E-state index contributed by atoms with van der Waals surface area (Å²) in [4.78, 5) is 42.1. The predicted octanol–water partition coefficient (Wildman–Crippen LogP) is 5.62. The summed E-state index contributed by atoms with van der Waals surface area (Å²) in [6.07, 6.45) is 4.19. The van der Waals surface area contributed by atoms with Gasteiger partial charge in [-0.2, -0.15) is 0 Å². The van der Waals surface area contributed by atoms with E-state index in [0.717, 1.165) is 35.6 Å². The number of carbonyl (C=O) groups is 3. The smallest absolute Gasteiger partial charge is 0.269 e. The van der Waals surface area contributed by atoms with E-state index in [4.69, 9.17) is 23.2 Å². The number of carbonyl (C=O) groups excluding carboxylic acids is 3. The summed E-state index contributed by atoms with van der Waals surface area (Å²) in [5.74, 6) is -1.18. The first kappa shape index (κ1) is 31.0. The van der Waals surface area contributed by atoms with E-state index < -0.39 is 22.0 Å². The van der Waals surface area contributed by atoms with Gasteiger partial charge in [0.2, 0.25) is 11.8 Å². The summed E-state index contributed by atoms with van der Waals surface area (Å²) < 4.78 is 26.8. The highest BCUT2D eigenvalue weighted by Gasteiger charge is 2.40. The molecular weight excluding hydrogens is 609 g/mol. The average molecular weight is 643 g/mol. The van der Waals surface area contributed by atoms with E-state index in [-0.39, 0.29) is 54.2 Å². The summed E-state index contributed by atoms with van der Waals surface area (Å²) in [6.45, 7) is -0.0580. The molecule has 1 atom stereocenters. The molecule has 2 aliphatic rings. The lowest BCUT2D eigenvalue weighted by Gasteiger charge is -2.32. The van der Waals surface area contributed by atoms with Crippen molar-refractivity contribution in [3.8, 4) is 0 Å². The van der Waals surface area contributed by atoms with E-state index in [1.165, 1.54) is 17.0 Å². The number of sulfonamides is 1. The summed E-state index contributed by atoms with van der Waals surface area (Å²) in [7, 11) is -3.99. The standard InChI is InChI=1S/C32H33Cl2N3O5S/c33-26-17-16-23(19-27(26)34)21-36(28(20-22-9-2-1-3-10-22)31(39)35-24-11-4-5-12-24)30(38)15-8-18-37-32(40)25-13-6-7-14-29(25)43(37,41)42/h1-3,6-7,9-10,13-14,16-17,19,24,28H,4-5,8,11-12,15,18,20-21H2,(H,35,39)/t28-/m0/s1. The number of nitrogens with zero attached hydrogens (tertiary/aromatic N) is 2. The third kappa shape index (κ3) is 7.06. The number of hydrogen-bond acceptors (Lipinski definition) is 5. The van der Waals surface area contributed by atoms with Crippen molar-refractivity contribution in [2.45, 2.75) is 68.5 Å². The summed E-state index contributed by atoms with van der Waals surface area (Å²) >= 11 is 12.4. The monoisotopic (exact) mass is 641 g/mol. The van der Waals surface area contributed by atoms with E-state index in [1.807, 2.05) is 30.3 Å². The van der Waals surface area contributed by atoms with E-state index in [2.05, 4.69) is 5.32 Å². The maximum absolute atomic E-state index is 13.9. The van der Waals surface area contributed by atoms with Gasteiger partial charge in [0.25, 0.3) is 15.9 Å². The van der Waals surface area contributed by atoms with E-state index in [9.17, 15) is 22.8 Å². The largest absolute Gasteiger partial charge is 0.352 e. The average Bonchev–Trinajstić information content (AvgIpc) is 3.57. The minimum Gasteiger partial charge on any atom is -0.352 e. The molecule has 8 nitrogen and oxygen atoms in total. The minimum absolute atomic E-state index is 0.0286. The van der Waals surface area contributed by atoms with Gasteiger partial charge in [0.05, 0.1) is 15.6 Å². The van der Waals surface area contributed by atoms with Crippen molar-refractivity contribution < 1.29 is 22.8 Å². The normalized spacial score (nSPS) is 16.6. The molecule has 0 aromatic heterocycles. The predicted molar refractivity (Wildman–Crippen MR) is 165 cm³/mol. The van der Waals surface area contributed by atoms with Crippen LogP contribution < -0.4 is 5.32 Å². The van der Waals surface area contributed by atoms with Crippen LogP contribution in [-0.4, -0.2) is 54.0 Å². The Balaban J connectivity index is 1.38. The molecule has 1 fully saturated rings. The molecule has 3 aromatic carbocycles. The lowest BCUT2D eigenvalue weighted by molar-refractivity contribution is -0.141. The van der Waals surface area contributed by atoms with Crippen molar-refractivity contribution in [1.82, 2.24) is 14.5 Å². The molecule has 0 saturated heterocycles. The van der Waals surface area contributed by atoms with Crippen molar-refractivity contribution in [3.63, 3.8) is 0 Å². The second-order valence-corrected chi connectivity index (χ2v) is 13.6. The van der Waals surface area contributed by atoms with Crippen LogP contribution in [0, 0.1) is 0 Å². The number of hydrogen-bond donors (Lipinski definition) is 1. The van der Waals surface area contributed by atoms with Gasteiger partial charge in [-0.15, -0.1) is 0 Å². The Labute approximate surface area is 262 Å². The molecule has 0 radical (unpaired) electrons. The second-order valence-electron chi connectivity index (χ2n) is 10.9. The van der Waals surface area contributed by atoms with Gasteiger partial charge in [0, 0.05) is 32.0 Å². The Hall–Kier alpha value is -3.40. The lowest BCUT2D eigenvalue weighted by Crippen LogP contribution is -2.52. The van der Waals surface area contributed by atoms with Gasteiger partial charge in [-0.05, 0) is 54.7 Å². The van der Waals surface area contributed by atoms with Gasteiger partial charge in [-0.3, -0.25) is 14.4 Å². The quantitative estimate of drug-likeness (QED) is 0.293. The fourth-order valence-electron chi connectivity index (χ4n) is 5.73. The topological polar surface area (TPSA) is 104 Å². The fraction of sp³-hybridized carbons (Fsp3) is 0.344. The first-order valence-corrected chi connectivity index (χ1v) is 16.6. The first-order chi connectivity index (χ1) is 20.6. The number of fused-ring (bicyclic) bond motifs is 1. The number of nitrogens with one attached hydrogen (secondary N) is 1. The molecule has 1 aliphatic carbocycles. The molecule has 0 spiro atoms. The Kier molecular flexibility index (Phi) is 9.74. The first-order valence-electron chi connectivity index (χ1n) is 14.4. The minimum atomic E-state index is -3.99. The van der Waals surface area contributed by atoms with E-state index in [0.29, 0.717) is 22.0 Å². The van der Waals surface area contributed by atoms with E-state index >= 15 is 0 Å². The molecule has 1 N–H and O–H groups in total. The highest BCUT2D eigenvalue weighted by molar-refractivity contribution is 7.90. The summed E-state index contributed by atoms with van der Waals surface area (Å²) in [5.41, 5.74) is 1.72. The van der Waals surface area contributed by atoms with Crippen LogP contribution in [0.25, 0.3) is 0 Å².